The Morgan fingerprint density at radius 2 is 1.79 bits per heavy atom. The molecule has 2 aromatic carbocycles. The number of aryl methyl sites for hydroxylation is 2. The molecule has 0 saturated heterocycles. The number of hydrogen-bond acceptors (Lipinski definition) is 2. The molecule has 0 aliphatic heterocycles. The maximum Gasteiger partial charge on any atom is 0.220 e. The van der Waals surface area contributed by atoms with Crippen LogP contribution in [0.5, 0.6) is 5.75 Å². The molecule has 0 radical (unpaired) electrons. The quantitative estimate of drug-likeness (QED) is 0.698. The van der Waals surface area contributed by atoms with E-state index in [4.69, 9.17) is 4.74 Å². The molecule has 0 spiro atoms. The van der Waals surface area contributed by atoms with Crippen molar-refractivity contribution in [1.29, 1.82) is 0 Å². The zero-order valence-corrected chi connectivity index (χ0v) is 14.6. The van der Waals surface area contributed by atoms with Crippen molar-refractivity contribution in [3.8, 4) is 5.75 Å². The van der Waals surface area contributed by atoms with Gasteiger partial charge in [-0.25, -0.2) is 0 Å². The number of nitrogens with one attached hydrogen (secondary N) is 1. The van der Waals surface area contributed by atoms with Gasteiger partial charge in [-0.1, -0.05) is 48.0 Å². The summed E-state index contributed by atoms with van der Waals surface area (Å²) in [4.78, 5) is 12.0. The minimum absolute atomic E-state index is 0.100. The molecule has 2 rings (SSSR count). The molecule has 0 bridgehead atoms. The van der Waals surface area contributed by atoms with Gasteiger partial charge in [0.15, 0.2) is 0 Å². The standard InChI is InChI=1S/C21H27NO2/c1-17-10-14-20(15-11-17)24-16-6-9-21(23)22-18(2)12-13-19-7-4-3-5-8-19/h3-5,7-8,10-11,14-15,18H,6,9,12-13,16H2,1-2H3,(H,22,23)/t18-/m0/s1. The first kappa shape index (κ1) is 18.1. The lowest BCUT2D eigenvalue weighted by molar-refractivity contribution is -0.121. The van der Waals surface area contributed by atoms with Crippen molar-refractivity contribution in [2.75, 3.05) is 6.61 Å². The van der Waals surface area contributed by atoms with E-state index in [1.807, 2.05) is 49.4 Å². The van der Waals surface area contributed by atoms with Crippen LogP contribution in [-0.2, 0) is 11.2 Å². The SMILES string of the molecule is Cc1ccc(OCCCC(=O)N[C@@H](C)CCc2ccccc2)cc1. The predicted molar refractivity (Wildman–Crippen MR) is 98.3 cm³/mol. The Labute approximate surface area is 145 Å². The smallest absolute Gasteiger partial charge is 0.220 e. The summed E-state index contributed by atoms with van der Waals surface area (Å²) < 4.78 is 5.64. The van der Waals surface area contributed by atoms with Gasteiger partial charge in [0.25, 0.3) is 0 Å². The van der Waals surface area contributed by atoms with E-state index >= 15 is 0 Å². The molecule has 1 amide bonds. The minimum Gasteiger partial charge on any atom is -0.494 e. The molecule has 0 heterocycles. The van der Waals surface area contributed by atoms with E-state index < -0.39 is 0 Å². The number of carbonyl (C=O) groups is 1. The van der Waals surface area contributed by atoms with Crippen molar-refractivity contribution in [1.82, 2.24) is 5.32 Å². The third kappa shape index (κ3) is 6.86. The average Bonchev–Trinajstić information content (AvgIpc) is 2.59. The average molecular weight is 325 g/mol. The molecule has 0 aromatic heterocycles. The predicted octanol–water partition coefficient (Wildman–Crippen LogP) is 4.29. The van der Waals surface area contributed by atoms with Gasteiger partial charge in [0.1, 0.15) is 5.75 Å². The van der Waals surface area contributed by atoms with Crippen LogP contribution in [0.4, 0.5) is 0 Å². The van der Waals surface area contributed by atoms with Crippen LogP contribution in [0.1, 0.15) is 37.3 Å². The molecule has 0 aliphatic rings. The van der Waals surface area contributed by atoms with Gasteiger partial charge in [-0.15, -0.1) is 0 Å². The summed E-state index contributed by atoms with van der Waals surface area (Å²) >= 11 is 0. The molecule has 3 heteroatoms. The highest BCUT2D eigenvalue weighted by molar-refractivity contribution is 5.76. The van der Waals surface area contributed by atoms with E-state index in [1.54, 1.807) is 0 Å². The molecular weight excluding hydrogens is 298 g/mol. The van der Waals surface area contributed by atoms with Crippen LogP contribution in [0.2, 0.25) is 0 Å². The van der Waals surface area contributed by atoms with E-state index in [1.165, 1.54) is 11.1 Å². The Hall–Kier alpha value is -2.29. The first-order chi connectivity index (χ1) is 11.6. The van der Waals surface area contributed by atoms with Crippen molar-refractivity contribution in [2.24, 2.45) is 0 Å². The van der Waals surface area contributed by atoms with Crippen molar-refractivity contribution in [3.05, 3.63) is 65.7 Å². The van der Waals surface area contributed by atoms with Gasteiger partial charge >= 0.3 is 0 Å². The second-order valence-corrected chi connectivity index (χ2v) is 6.26. The largest absolute Gasteiger partial charge is 0.494 e. The van der Waals surface area contributed by atoms with Crippen LogP contribution in [-0.4, -0.2) is 18.6 Å². The van der Waals surface area contributed by atoms with Crippen LogP contribution in [0.25, 0.3) is 0 Å². The van der Waals surface area contributed by atoms with Gasteiger partial charge < -0.3 is 10.1 Å². The normalized spacial score (nSPS) is 11.8. The fourth-order valence-corrected chi connectivity index (χ4v) is 2.50. The third-order valence-corrected chi connectivity index (χ3v) is 3.95. The third-order valence-electron chi connectivity index (χ3n) is 3.95. The van der Waals surface area contributed by atoms with E-state index in [9.17, 15) is 4.79 Å². The van der Waals surface area contributed by atoms with Gasteiger partial charge in [-0.3, -0.25) is 4.79 Å². The lowest BCUT2D eigenvalue weighted by Gasteiger charge is -2.14. The fourth-order valence-electron chi connectivity index (χ4n) is 2.50. The summed E-state index contributed by atoms with van der Waals surface area (Å²) in [6.45, 7) is 4.67. The van der Waals surface area contributed by atoms with Crippen molar-refractivity contribution in [2.45, 2.75) is 45.6 Å². The number of amides is 1. The van der Waals surface area contributed by atoms with E-state index in [-0.39, 0.29) is 11.9 Å². The Morgan fingerprint density at radius 1 is 1.08 bits per heavy atom. The van der Waals surface area contributed by atoms with Gasteiger partial charge in [0.2, 0.25) is 5.91 Å². The zero-order chi connectivity index (χ0) is 17.2. The molecular formula is C21H27NO2. The molecule has 0 aliphatic carbocycles. The number of ether oxygens (including phenoxy) is 1. The fraction of sp³-hybridized carbons (Fsp3) is 0.381. The first-order valence-electron chi connectivity index (χ1n) is 8.66. The van der Waals surface area contributed by atoms with Gasteiger partial charge in [-0.05, 0) is 50.8 Å². The Kier molecular flexibility index (Phi) is 7.34. The van der Waals surface area contributed by atoms with E-state index in [0.29, 0.717) is 13.0 Å². The van der Waals surface area contributed by atoms with E-state index in [0.717, 1.165) is 25.0 Å². The number of rotatable bonds is 9. The van der Waals surface area contributed by atoms with Crippen LogP contribution in [0, 0.1) is 6.92 Å². The van der Waals surface area contributed by atoms with Crippen LogP contribution >= 0.6 is 0 Å². The van der Waals surface area contributed by atoms with Gasteiger partial charge in [0.05, 0.1) is 6.61 Å². The number of benzene rings is 2. The minimum atomic E-state index is 0.100. The molecule has 24 heavy (non-hydrogen) atoms. The summed E-state index contributed by atoms with van der Waals surface area (Å²) in [6, 6.07) is 18.5. The maximum absolute atomic E-state index is 12.0. The summed E-state index contributed by atoms with van der Waals surface area (Å²) in [6.07, 6.45) is 3.17. The van der Waals surface area contributed by atoms with Crippen molar-refractivity contribution >= 4 is 5.91 Å². The number of hydrogen-bond donors (Lipinski definition) is 1. The van der Waals surface area contributed by atoms with Crippen LogP contribution in [0.15, 0.2) is 54.6 Å². The summed E-state index contributed by atoms with van der Waals surface area (Å²) in [5.41, 5.74) is 2.52. The highest BCUT2D eigenvalue weighted by Gasteiger charge is 2.07. The lowest BCUT2D eigenvalue weighted by atomic mass is 10.1. The lowest BCUT2D eigenvalue weighted by Crippen LogP contribution is -2.32. The summed E-state index contributed by atoms with van der Waals surface area (Å²) in [7, 11) is 0. The molecule has 1 N–H and O–H groups in total. The molecule has 2 aromatic rings. The topological polar surface area (TPSA) is 38.3 Å². The Morgan fingerprint density at radius 3 is 2.50 bits per heavy atom. The van der Waals surface area contributed by atoms with Crippen LogP contribution < -0.4 is 10.1 Å². The molecule has 3 nitrogen and oxygen atoms in total. The maximum atomic E-state index is 12.0. The molecule has 0 fully saturated rings. The van der Waals surface area contributed by atoms with Gasteiger partial charge in [-0.2, -0.15) is 0 Å². The molecule has 128 valence electrons. The monoisotopic (exact) mass is 325 g/mol. The van der Waals surface area contributed by atoms with Crippen molar-refractivity contribution in [3.63, 3.8) is 0 Å². The molecule has 0 unspecified atom stereocenters. The second kappa shape index (κ2) is 9.76. The highest BCUT2D eigenvalue weighted by Crippen LogP contribution is 2.12. The summed E-state index contributed by atoms with van der Waals surface area (Å²) in [5, 5.41) is 3.06. The summed E-state index contributed by atoms with van der Waals surface area (Å²) in [5.74, 6) is 0.959. The van der Waals surface area contributed by atoms with Crippen molar-refractivity contribution < 1.29 is 9.53 Å². The zero-order valence-electron chi connectivity index (χ0n) is 14.6. The molecule has 0 saturated carbocycles. The second-order valence-electron chi connectivity index (χ2n) is 6.26. The molecule has 1 atom stereocenters. The van der Waals surface area contributed by atoms with Gasteiger partial charge in [0, 0.05) is 12.5 Å². The Bertz CT molecular complexity index is 607. The first-order valence-corrected chi connectivity index (χ1v) is 8.66. The Balaban J connectivity index is 1.58. The van der Waals surface area contributed by atoms with E-state index in [2.05, 4.69) is 24.4 Å². The van der Waals surface area contributed by atoms with Crippen LogP contribution in [0.3, 0.4) is 0 Å². The highest BCUT2D eigenvalue weighted by atomic mass is 16.5. The number of carbonyl (C=O) groups excluding carboxylic acids is 1.